The largest absolute Gasteiger partial charge is 0.338 e. The van der Waals surface area contributed by atoms with Crippen molar-refractivity contribution in [3.8, 4) is 0 Å². The van der Waals surface area contributed by atoms with Crippen molar-refractivity contribution in [2.24, 2.45) is 0 Å². The summed E-state index contributed by atoms with van der Waals surface area (Å²) in [6, 6.07) is 8.87. The lowest BCUT2D eigenvalue weighted by molar-refractivity contribution is 0.190. The summed E-state index contributed by atoms with van der Waals surface area (Å²) in [6.45, 7) is 6.05. The maximum absolute atomic E-state index is 12.2. The van der Waals surface area contributed by atoms with Gasteiger partial charge in [0.05, 0.1) is 6.54 Å². The highest BCUT2D eigenvalue weighted by molar-refractivity contribution is 5.74. The van der Waals surface area contributed by atoms with E-state index in [1.165, 1.54) is 11.1 Å². The molecule has 2 amide bonds. The molecule has 0 saturated heterocycles. The fraction of sp³-hybridized carbons (Fsp3) is 0.444. The number of aryl methyl sites for hydroxylation is 1. The molecule has 2 aromatic rings. The van der Waals surface area contributed by atoms with E-state index in [9.17, 15) is 4.79 Å². The maximum atomic E-state index is 12.2. The number of urea groups is 1. The third-order valence-corrected chi connectivity index (χ3v) is 4.13. The number of rotatable bonds is 6. The number of amides is 2. The van der Waals surface area contributed by atoms with E-state index >= 15 is 0 Å². The van der Waals surface area contributed by atoms with Gasteiger partial charge in [-0.15, -0.1) is 0 Å². The van der Waals surface area contributed by atoms with Crippen LogP contribution in [0.3, 0.4) is 0 Å². The monoisotopic (exact) mass is 312 g/mol. The van der Waals surface area contributed by atoms with Gasteiger partial charge < -0.3 is 14.8 Å². The fourth-order valence-corrected chi connectivity index (χ4v) is 2.80. The lowest BCUT2D eigenvalue weighted by atomic mass is 10.1. The highest BCUT2D eigenvalue weighted by atomic mass is 16.2. The first-order valence-corrected chi connectivity index (χ1v) is 8.27. The summed E-state index contributed by atoms with van der Waals surface area (Å²) in [6.07, 6.45) is 5.99. The van der Waals surface area contributed by atoms with Crippen LogP contribution in [0.2, 0.25) is 0 Å². The standard InChI is InChI=1S/C18H24N4O/c1-3-19-18(23)22(16-7-8-16)13-17-20-9-10-21(17)12-15-6-4-5-14(2)11-15/h4-6,9-11,16H,3,7-8,12-13H2,1-2H3,(H,19,23). The van der Waals surface area contributed by atoms with Gasteiger partial charge in [0.15, 0.2) is 0 Å². The topological polar surface area (TPSA) is 50.2 Å². The Morgan fingerprint density at radius 3 is 2.96 bits per heavy atom. The van der Waals surface area contributed by atoms with E-state index in [1.54, 1.807) is 0 Å². The molecule has 0 aliphatic heterocycles. The van der Waals surface area contributed by atoms with Crippen LogP contribution in [0.15, 0.2) is 36.7 Å². The number of aromatic nitrogens is 2. The molecule has 0 spiro atoms. The van der Waals surface area contributed by atoms with Crippen LogP contribution in [0.1, 0.15) is 36.7 Å². The van der Waals surface area contributed by atoms with E-state index < -0.39 is 0 Å². The van der Waals surface area contributed by atoms with Crippen LogP contribution in [0.4, 0.5) is 4.79 Å². The van der Waals surface area contributed by atoms with Crippen LogP contribution in [0.5, 0.6) is 0 Å². The number of imidazole rings is 1. The van der Waals surface area contributed by atoms with Crippen LogP contribution in [0.25, 0.3) is 0 Å². The van der Waals surface area contributed by atoms with Crippen molar-refractivity contribution in [1.29, 1.82) is 0 Å². The summed E-state index contributed by atoms with van der Waals surface area (Å²) >= 11 is 0. The summed E-state index contributed by atoms with van der Waals surface area (Å²) in [7, 11) is 0. The first-order valence-electron chi connectivity index (χ1n) is 8.27. The minimum Gasteiger partial charge on any atom is -0.338 e. The third-order valence-electron chi connectivity index (χ3n) is 4.13. The van der Waals surface area contributed by atoms with Gasteiger partial charge in [0.1, 0.15) is 5.82 Å². The molecule has 1 aromatic heterocycles. The zero-order valence-corrected chi connectivity index (χ0v) is 13.8. The zero-order chi connectivity index (χ0) is 16.2. The highest BCUT2D eigenvalue weighted by Crippen LogP contribution is 2.28. The molecular formula is C18H24N4O. The molecule has 122 valence electrons. The molecule has 1 heterocycles. The fourth-order valence-electron chi connectivity index (χ4n) is 2.80. The summed E-state index contributed by atoms with van der Waals surface area (Å²) < 4.78 is 2.13. The number of nitrogens with zero attached hydrogens (tertiary/aromatic N) is 3. The second-order valence-electron chi connectivity index (χ2n) is 6.15. The van der Waals surface area contributed by atoms with Gasteiger partial charge in [0.2, 0.25) is 0 Å². The molecule has 0 unspecified atom stereocenters. The Kier molecular flexibility index (Phi) is 4.65. The second-order valence-corrected chi connectivity index (χ2v) is 6.15. The molecule has 1 fully saturated rings. The van der Waals surface area contributed by atoms with E-state index in [1.807, 2.05) is 24.2 Å². The summed E-state index contributed by atoms with van der Waals surface area (Å²) in [4.78, 5) is 18.6. The Morgan fingerprint density at radius 1 is 1.43 bits per heavy atom. The highest BCUT2D eigenvalue weighted by Gasteiger charge is 2.33. The van der Waals surface area contributed by atoms with E-state index in [-0.39, 0.29) is 6.03 Å². The Labute approximate surface area is 137 Å². The summed E-state index contributed by atoms with van der Waals surface area (Å²) in [5.41, 5.74) is 2.51. The Hall–Kier alpha value is -2.30. The zero-order valence-electron chi connectivity index (χ0n) is 13.8. The van der Waals surface area contributed by atoms with Crippen LogP contribution in [0, 0.1) is 6.92 Å². The minimum absolute atomic E-state index is 0.0140. The summed E-state index contributed by atoms with van der Waals surface area (Å²) in [5.74, 6) is 0.935. The number of carbonyl (C=O) groups is 1. The molecule has 23 heavy (non-hydrogen) atoms. The molecule has 0 bridgehead atoms. The molecule has 1 aliphatic rings. The molecule has 0 radical (unpaired) electrons. The molecule has 5 nitrogen and oxygen atoms in total. The van der Waals surface area contributed by atoms with Gasteiger partial charge in [0.25, 0.3) is 0 Å². The lowest BCUT2D eigenvalue weighted by Gasteiger charge is -2.22. The molecule has 3 rings (SSSR count). The average Bonchev–Trinajstić information content (AvgIpc) is 3.27. The Balaban J connectivity index is 1.73. The average molecular weight is 312 g/mol. The summed E-state index contributed by atoms with van der Waals surface area (Å²) in [5, 5.41) is 2.91. The SMILES string of the molecule is CCNC(=O)N(Cc1nccn1Cc1cccc(C)c1)C1CC1. The molecule has 1 saturated carbocycles. The van der Waals surface area contributed by atoms with Crippen LogP contribution >= 0.6 is 0 Å². The van der Waals surface area contributed by atoms with Gasteiger partial charge in [-0.1, -0.05) is 29.8 Å². The number of hydrogen-bond donors (Lipinski definition) is 1. The number of nitrogens with one attached hydrogen (secondary N) is 1. The van der Waals surface area contributed by atoms with Crippen LogP contribution < -0.4 is 5.32 Å². The van der Waals surface area contributed by atoms with Crippen LogP contribution in [-0.2, 0) is 13.1 Å². The molecule has 5 heteroatoms. The van der Waals surface area contributed by atoms with E-state index in [4.69, 9.17) is 0 Å². The lowest BCUT2D eigenvalue weighted by Crippen LogP contribution is -2.41. The molecule has 1 N–H and O–H groups in total. The van der Waals surface area contributed by atoms with Gasteiger partial charge in [-0.2, -0.15) is 0 Å². The van der Waals surface area contributed by atoms with Crippen molar-refractivity contribution in [3.05, 3.63) is 53.6 Å². The smallest absolute Gasteiger partial charge is 0.318 e. The number of carbonyl (C=O) groups excluding carboxylic acids is 1. The van der Waals surface area contributed by atoms with Gasteiger partial charge in [-0.25, -0.2) is 9.78 Å². The van der Waals surface area contributed by atoms with E-state index in [2.05, 4.69) is 46.1 Å². The van der Waals surface area contributed by atoms with Crippen molar-refractivity contribution < 1.29 is 4.79 Å². The van der Waals surface area contributed by atoms with Gasteiger partial charge in [-0.3, -0.25) is 0 Å². The molecule has 1 aliphatic carbocycles. The predicted molar refractivity (Wildman–Crippen MR) is 90.1 cm³/mol. The molecular weight excluding hydrogens is 288 g/mol. The van der Waals surface area contributed by atoms with Crippen molar-refractivity contribution in [3.63, 3.8) is 0 Å². The first-order chi connectivity index (χ1) is 11.2. The number of benzene rings is 1. The number of hydrogen-bond acceptors (Lipinski definition) is 2. The quantitative estimate of drug-likeness (QED) is 0.891. The van der Waals surface area contributed by atoms with Crippen LogP contribution in [-0.4, -0.2) is 33.1 Å². The maximum Gasteiger partial charge on any atom is 0.318 e. The predicted octanol–water partition coefficient (Wildman–Crippen LogP) is 2.93. The first kappa shape index (κ1) is 15.6. The molecule has 0 atom stereocenters. The van der Waals surface area contributed by atoms with E-state index in [0.717, 1.165) is 25.2 Å². The van der Waals surface area contributed by atoms with E-state index in [0.29, 0.717) is 19.1 Å². The van der Waals surface area contributed by atoms with Gasteiger partial charge in [-0.05, 0) is 32.3 Å². The van der Waals surface area contributed by atoms with Crippen molar-refractivity contribution in [2.75, 3.05) is 6.54 Å². The van der Waals surface area contributed by atoms with Gasteiger partial charge >= 0.3 is 6.03 Å². The van der Waals surface area contributed by atoms with Gasteiger partial charge in [0, 0.05) is 31.5 Å². The van der Waals surface area contributed by atoms with Crippen molar-refractivity contribution >= 4 is 6.03 Å². The molecule has 1 aromatic carbocycles. The second kappa shape index (κ2) is 6.86. The van der Waals surface area contributed by atoms with Crippen molar-refractivity contribution in [1.82, 2.24) is 19.8 Å². The Bertz CT molecular complexity index is 675. The minimum atomic E-state index is 0.0140. The Morgan fingerprint density at radius 2 is 2.26 bits per heavy atom. The normalized spacial score (nSPS) is 13.8. The third kappa shape index (κ3) is 3.92. The van der Waals surface area contributed by atoms with Crippen molar-refractivity contribution in [2.45, 2.75) is 45.8 Å².